The number of hydroxylamine groups is 2. The Morgan fingerprint density at radius 3 is 2.63 bits per heavy atom. The molecule has 6 nitrogen and oxygen atoms in total. The fraction of sp³-hybridized carbons (Fsp3) is 0.350. The van der Waals surface area contributed by atoms with Crippen LogP contribution in [0.15, 0.2) is 35.4 Å². The predicted molar refractivity (Wildman–Crippen MR) is 110 cm³/mol. The molecule has 0 aliphatic rings. The normalized spacial score (nSPS) is 10.4. The topological polar surface area (TPSA) is 64.4 Å². The number of carbonyl (C=O) groups excluding carboxylic acids is 1. The third kappa shape index (κ3) is 4.26. The van der Waals surface area contributed by atoms with Gasteiger partial charge in [-0.15, -0.1) is 11.3 Å². The molecule has 0 aliphatic carbocycles. The first kappa shape index (κ1) is 20.8. The van der Waals surface area contributed by atoms with Crippen molar-refractivity contribution < 1.29 is 9.63 Å². The van der Waals surface area contributed by atoms with Crippen LogP contribution in [0.2, 0.25) is 0 Å². The number of hydrogen-bond acceptors (Lipinski definition) is 5. The number of aryl methyl sites for hydroxylation is 2. The highest BCUT2D eigenvalue weighted by molar-refractivity contribution is 7.19. The second-order valence-corrected chi connectivity index (χ2v) is 7.04. The van der Waals surface area contributed by atoms with Crippen molar-refractivity contribution in [3.8, 4) is 11.1 Å². The van der Waals surface area contributed by atoms with E-state index in [4.69, 9.17) is 4.84 Å². The summed E-state index contributed by atoms with van der Waals surface area (Å²) in [7, 11) is 2.91. The fourth-order valence-electron chi connectivity index (χ4n) is 2.75. The summed E-state index contributed by atoms with van der Waals surface area (Å²) >= 11 is 1.49. The van der Waals surface area contributed by atoms with E-state index >= 15 is 0 Å². The number of fused-ring (bicyclic) bond motifs is 1. The summed E-state index contributed by atoms with van der Waals surface area (Å²) in [4.78, 5) is 36.0. The summed E-state index contributed by atoms with van der Waals surface area (Å²) in [5, 5.41) is 1.65. The van der Waals surface area contributed by atoms with E-state index in [2.05, 4.69) is 11.1 Å². The highest BCUT2D eigenvalue weighted by atomic mass is 32.1. The first-order valence-corrected chi connectivity index (χ1v) is 9.60. The molecule has 0 saturated heterocycles. The van der Waals surface area contributed by atoms with E-state index in [0.29, 0.717) is 10.2 Å². The lowest BCUT2D eigenvalue weighted by Crippen LogP contribution is -2.33. The fourth-order valence-corrected chi connectivity index (χ4v) is 3.75. The lowest BCUT2D eigenvalue weighted by molar-refractivity contribution is -0.169. The predicted octanol–water partition coefficient (Wildman–Crippen LogP) is 3.79. The molecule has 0 fully saturated rings. The van der Waals surface area contributed by atoms with Crippen LogP contribution in [0.5, 0.6) is 0 Å². The second kappa shape index (κ2) is 8.92. The maximum atomic E-state index is 13.0. The van der Waals surface area contributed by atoms with E-state index in [1.807, 2.05) is 45.9 Å². The molecule has 1 amide bonds. The molecule has 144 valence electrons. The minimum Gasteiger partial charge on any atom is -0.289 e. The minimum absolute atomic E-state index is 0.117. The van der Waals surface area contributed by atoms with Crippen LogP contribution in [0, 0.1) is 13.8 Å². The van der Waals surface area contributed by atoms with Crippen molar-refractivity contribution in [2.75, 3.05) is 14.2 Å². The van der Waals surface area contributed by atoms with Gasteiger partial charge in [-0.3, -0.25) is 19.0 Å². The molecular formula is C20H25N3O3S. The van der Waals surface area contributed by atoms with Gasteiger partial charge in [-0.05, 0) is 19.4 Å². The summed E-state index contributed by atoms with van der Waals surface area (Å²) in [6, 6.07) is 8.03. The van der Waals surface area contributed by atoms with Crippen LogP contribution in [0.4, 0.5) is 0 Å². The van der Waals surface area contributed by atoms with Crippen LogP contribution in [-0.4, -0.2) is 34.7 Å². The van der Waals surface area contributed by atoms with Crippen LogP contribution in [0.1, 0.15) is 24.3 Å². The molecule has 0 radical (unpaired) electrons. The Hall–Kier alpha value is -2.51. The number of likely N-dealkylation sites (N-methyl/N-ethyl adjacent to an activating group) is 1. The quantitative estimate of drug-likeness (QED) is 0.639. The maximum absolute atomic E-state index is 13.0. The van der Waals surface area contributed by atoms with Gasteiger partial charge in [0.1, 0.15) is 11.4 Å². The van der Waals surface area contributed by atoms with E-state index in [-0.39, 0.29) is 18.0 Å². The minimum atomic E-state index is -0.324. The maximum Gasteiger partial charge on any atom is 0.265 e. The lowest BCUT2D eigenvalue weighted by Gasteiger charge is -2.14. The van der Waals surface area contributed by atoms with Gasteiger partial charge in [-0.1, -0.05) is 43.7 Å². The number of thiophene rings is 1. The number of rotatable bonds is 4. The highest BCUT2D eigenvalue weighted by Crippen LogP contribution is 2.35. The highest BCUT2D eigenvalue weighted by Gasteiger charge is 2.18. The van der Waals surface area contributed by atoms with Gasteiger partial charge in [0.15, 0.2) is 0 Å². The number of hydrogen-bond donors (Lipinski definition) is 0. The standard InChI is InChI=1S/C18H19N3O3S.C2H6/c1-11-6-5-7-13(8-11)15-12(2)25-17-16(15)18(23)21(10-19-17)9-14(22)20(3)24-4;1-2/h5-8,10H,9H2,1-4H3;1-2H3. The van der Waals surface area contributed by atoms with Crippen LogP contribution < -0.4 is 5.56 Å². The van der Waals surface area contributed by atoms with Crippen molar-refractivity contribution in [1.29, 1.82) is 0 Å². The summed E-state index contributed by atoms with van der Waals surface area (Å²) < 4.78 is 1.33. The van der Waals surface area contributed by atoms with Gasteiger partial charge in [0.25, 0.3) is 11.5 Å². The van der Waals surface area contributed by atoms with Crippen molar-refractivity contribution in [2.24, 2.45) is 0 Å². The Morgan fingerprint density at radius 1 is 1.30 bits per heavy atom. The van der Waals surface area contributed by atoms with Gasteiger partial charge in [0.05, 0.1) is 18.8 Å². The first-order chi connectivity index (χ1) is 12.9. The molecule has 3 aromatic rings. The van der Waals surface area contributed by atoms with Crippen molar-refractivity contribution in [3.05, 3.63) is 51.4 Å². The molecule has 3 rings (SSSR count). The van der Waals surface area contributed by atoms with Gasteiger partial charge in [0.2, 0.25) is 0 Å². The summed E-state index contributed by atoms with van der Waals surface area (Å²) in [6.07, 6.45) is 1.42. The van der Waals surface area contributed by atoms with Crippen LogP contribution in [-0.2, 0) is 16.2 Å². The SMILES string of the molecule is CC.CON(C)C(=O)Cn1cnc2sc(C)c(-c3cccc(C)c3)c2c1=O. The smallest absolute Gasteiger partial charge is 0.265 e. The van der Waals surface area contributed by atoms with E-state index in [1.54, 1.807) is 0 Å². The Labute approximate surface area is 163 Å². The lowest BCUT2D eigenvalue weighted by atomic mass is 10.0. The molecule has 2 heterocycles. The molecule has 7 heteroatoms. The number of nitrogens with zero attached hydrogens (tertiary/aromatic N) is 3. The van der Waals surface area contributed by atoms with Crippen molar-refractivity contribution in [3.63, 3.8) is 0 Å². The summed E-state index contributed by atoms with van der Waals surface area (Å²) in [5.74, 6) is -0.324. The zero-order valence-corrected chi connectivity index (χ0v) is 17.4. The Bertz CT molecular complexity index is 1010. The number of benzene rings is 1. The summed E-state index contributed by atoms with van der Waals surface area (Å²) in [6.45, 7) is 7.88. The average molecular weight is 388 g/mol. The first-order valence-electron chi connectivity index (χ1n) is 8.78. The monoisotopic (exact) mass is 387 g/mol. The molecule has 0 aliphatic heterocycles. The van der Waals surface area contributed by atoms with Crippen molar-refractivity contribution in [1.82, 2.24) is 14.6 Å². The molecule has 0 N–H and O–H groups in total. The molecule has 0 spiro atoms. The zero-order valence-electron chi connectivity index (χ0n) is 16.6. The van der Waals surface area contributed by atoms with Gasteiger partial charge in [0, 0.05) is 17.5 Å². The number of amides is 1. The Kier molecular flexibility index (Phi) is 6.87. The molecule has 0 atom stereocenters. The number of aromatic nitrogens is 2. The van der Waals surface area contributed by atoms with Gasteiger partial charge < -0.3 is 0 Å². The third-order valence-electron chi connectivity index (χ3n) is 4.09. The van der Waals surface area contributed by atoms with E-state index in [9.17, 15) is 9.59 Å². The van der Waals surface area contributed by atoms with Crippen molar-refractivity contribution >= 4 is 27.5 Å². The second-order valence-electron chi connectivity index (χ2n) is 5.83. The third-order valence-corrected chi connectivity index (χ3v) is 5.11. The average Bonchev–Trinajstić information content (AvgIpc) is 3.01. The van der Waals surface area contributed by atoms with Gasteiger partial charge in [-0.2, -0.15) is 0 Å². The molecule has 1 aromatic carbocycles. The van der Waals surface area contributed by atoms with Gasteiger partial charge in [-0.25, -0.2) is 10.0 Å². The van der Waals surface area contributed by atoms with Gasteiger partial charge >= 0.3 is 0 Å². The van der Waals surface area contributed by atoms with Crippen LogP contribution in [0.25, 0.3) is 21.3 Å². The molecular weight excluding hydrogens is 362 g/mol. The van der Waals surface area contributed by atoms with Crippen LogP contribution >= 0.6 is 11.3 Å². The van der Waals surface area contributed by atoms with E-state index < -0.39 is 0 Å². The Balaban J connectivity index is 0.00000126. The van der Waals surface area contributed by atoms with E-state index in [1.165, 1.54) is 36.4 Å². The van der Waals surface area contributed by atoms with Crippen LogP contribution in [0.3, 0.4) is 0 Å². The molecule has 0 bridgehead atoms. The van der Waals surface area contributed by atoms with E-state index in [0.717, 1.165) is 26.6 Å². The largest absolute Gasteiger partial charge is 0.289 e. The van der Waals surface area contributed by atoms with Crippen molar-refractivity contribution in [2.45, 2.75) is 34.2 Å². The summed E-state index contributed by atoms with van der Waals surface area (Å²) in [5.41, 5.74) is 2.78. The number of carbonyl (C=O) groups is 1. The molecule has 0 unspecified atom stereocenters. The Morgan fingerprint density at radius 2 is 2.00 bits per heavy atom. The molecule has 0 saturated carbocycles. The molecule has 27 heavy (non-hydrogen) atoms. The zero-order chi connectivity index (χ0) is 20.1. The molecule has 2 aromatic heterocycles.